The van der Waals surface area contributed by atoms with Crippen LogP contribution in [0.15, 0.2) is 0 Å². The van der Waals surface area contributed by atoms with Gasteiger partial charge in [-0.15, -0.1) is 0 Å². The van der Waals surface area contributed by atoms with Gasteiger partial charge in [0.25, 0.3) is 0 Å². The second-order valence-corrected chi connectivity index (χ2v) is 5.25. The lowest BCUT2D eigenvalue weighted by Gasteiger charge is -2.25. The quantitative estimate of drug-likeness (QED) is 0.665. The van der Waals surface area contributed by atoms with Crippen molar-refractivity contribution in [1.29, 1.82) is 0 Å². The molecule has 0 aromatic heterocycles. The van der Waals surface area contributed by atoms with Crippen LogP contribution in [0.4, 0.5) is 0 Å². The number of nitrogens with one attached hydrogen (secondary N) is 1. The molecular weight excluding hydrogens is 204 g/mol. The number of ether oxygens (including phenoxy) is 1. The van der Waals surface area contributed by atoms with Gasteiger partial charge in [-0.05, 0) is 47.8 Å². The van der Waals surface area contributed by atoms with E-state index in [4.69, 9.17) is 4.74 Å². The molecule has 0 aromatic carbocycles. The van der Waals surface area contributed by atoms with Crippen molar-refractivity contribution in [3.8, 4) is 0 Å². The number of esters is 1. The molecule has 0 saturated heterocycles. The molecule has 0 saturated carbocycles. The van der Waals surface area contributed by atoms with Crippen LogP contribution < -0.4 is 5.32 Å². The Bertz CT molecular complexity index is 215. The summed E-state index contributed by atoms with van der Waals surface area (Å²) in [6.45, 7) is 7.62. The number of carbonyl (C=O) groups is 1. The molecule has 0 spiro atoms. The van der Waals surface area contributed by atoms with Gasteiger partial charge in [0.1, 0.15) is 0 Å². The summed E-state index contributed by atoms with van der Waals surface area (Å²) in [6, 6.07) is 0.409. The molecule has 96 valence electrons. The van der Waals surface area contributed by atoms with Gasteiger partial charge in [-0.3, -0.25) is 4.79 Å². The van der Waals surface area contributed by atoms with Crippen LogP contribution in [0, 0.1) is 5.41 Å². The molecule has 1 atom stereocenters. The normalized spacial score (nSPS) is 13.9. The first-order valence-corrected chi connectivity index (χ1v) is 5.76. The van der Waals surface area contributed by atoms with Crippen molar-refractivity contribution in [3.05, 3.63) is 0 Å². The zero-order valence-corrected chi connectivity index (χ0v) is 11.5. The zero-order chi connectivity index (χ0) is 12.8. The molecule has 0 bridgehead atoms. The molecule has 0 rings (SSSR count). The zero-order valence-electron chi connectivity index (χ0n) is 11.5. The molecule has 4 heteroatoms. The third-order valence-electron chi connectivity index (χ3n) is 2.64. The van der Waals surface area contributed by atoms with Gasteiger partial charge in [0.2, 0.25) is 0 Å². The number of rotatable bonds is 7. The Labute approximate surface area is 99.3 Å². The van der Waals surface area contributed by atoms with Crippen LogP contribution in [0.1, 0.15) is 27.2 Å². The Kier molecular flexibility index (Phi) is 6.60. The maximum atomic E-state index is 11.4. The third-order valence-corrected chi connectivity index (χ3v) is 2.64. The van der Waals surface area contributed by atoms with E-state index in [-0.39, 0.29) is 5.97 Å². The van der Waals surface area contributed by atoms with Gasteiger partial charge in [-0.2, -0.15) is 0 Å². The molecule has 1 unspecified atom stereocenters. The second kappa shape index (κ2) is 6.86. The summed E-state index contributed by atoms with van der Waals surface area (Å²) in [4.78, 5) is 13.6. The maximum Gasteiger partial charge on any atom is 0.312 e. The van der Waals surface area contributed by atoms with Crippen LogP contribution in [0.5, 0.6) is 0 Å². The number of methoxy groups -OCH3 is 1. The van der Waals surface area contributed by atoms with E-state index < -0.39 is 5.41 Å². The fourth-order valence-electron chi connectivity index (χ4n) is 1.33. The van der Waals surface area contributed by atoms with Crippen LogP contribution in [0.3, 0.4) is 0 Å². The van der Waals surface area contributed by atoms with Crippen molar-refractivity contribution in [3.63, 3.8) is 0 Å². The van der Waals surface area contributed by atoms with E-state index in [9.17, 15) is 4.79 Å². The lowest BCUT2D eigenvalue weighted by Crippen LogP contribution is -2.41. The minimum absolute atomic E-state index is 0.167. The van der Waals surface area contributed by atoms with Gasteiger partial charge in [0.15, 0.2) is 0 Å². The van der Waals surface area contributed by atoms with Crippen molar-refractivity contribution in [1.82, 2.24) is 10.2 Å². The molecule has 0 aliphatic carbocycles. The Balaban J connectivity index is 3.90. The molecule has 0 heterocycles. The van der Waals surface area contributed by atoms with Crippen LogP contribution in [-0.4, -0.2) is 51.2 Å². The Morgan fingerprint density at radius 3 is 2.44 bits per heavy atom. The summed E-state index contributed by atoms with van der Waals surface area (Å²) in [6.07, 6.45) is 1.07. The minimum Gasteiger partial charge on any atom is -0.469 e. The van der Waals surface area contributed by atoms with E-state index in [2.05, 4.69) is 31.2 Å². The predicted octanol–water partition coefficient (Wildman–Crippen LogP) is 1.12. The van der Waals surface area contributed by atoms with E-state index in [1.54, 1.807) is 0 Å². The van der Waals surface area contributed by atoms with Crippen molar-refractivity contribution < 1.29 is 9.53 Å². The fraction of sp³-hybridized carbons (Fsp3) is 0.917. The summed E-state index contributed by atoms with van der Waals surface area (Å²) in [5, 5.41) is 3.37. The summed E-state index contributed by atoms with van der Waals surface area (Å²) < 4.78 is 4.76. The highest BCUT2D eigenvalue weighted by Crippen LogP contribution is 2.15. The van der Waals surface area contributed by atoms with E-state index in [1.165, 1.54) is 7.11 Å². The highest BCUT2D eigenvalue weighted by atomic mass is 16.5. The highest BCUT2D eigenvalue weighted by Gasteiger charge is 2.28. The monoisotopic (exact) mass is 230 g/mol. The van der Waals surface area contributed by atoms with E-state index in [0.29, 0.717) is 12.6 Å². The van der Waals surface area contributed by atoms with Gasteiger partial charge in [-0.25, -0.2) is 0 Å². The first-order chi connectivity index (χ1) is 7.29. The number of carbonyl (C=O) groups excluding carboxylic acids is 1. The molecular formula is C12H26N2O2. The van der Waals surface area contributed by atoms with Gasteiger partial charge in [0, 0.05) is 12.6 Å². The lowest BCUT2D eigenvalue weighted by atomic mass is 9.93. The smallest absolute Gasteiger partial charge is 0.312 e. The molecule has 0 aromatic rings. The number of nitrogens with zero attached hydrogens (tertiary/aromatic N) is 1. The maximum absolute atomic E-state index is 11.4. The van der Waals surface area contributed by atoms with E-state index in [0.717, 1.165) is 13.0 Å². The van der Waals surface area contributed by atoms with Gasteiger partial charge in [0.05, 0.1) is 12.5 Å². The van der Waals surface area contributed by atoms with Gasteiger partial charge >= 0.3 is 5.97 Å². The average molecular weight is 230 g/mol. The van der Waals surface area contributed by atoms with Gasteiger partial charge < -0.3 is 15.0 Å². The first-order valence-electron chi connectivity index (χ1n) is 5.76. The Hall–Kier alpha value is -0.610. The number of hydrogen-bond donors (Lipinski definition) is 1. The molecule has 0 amide bonds. The third kappa shape index (κ3) is 6.08. The van der Waals surface area contributed by atoms with Gasteiger partial charge in [-0.1, -0.05) is 0 Å². The Morgan fingerprint density at radius 2 is 2.00 bits per heavy atom. The molecule has 0 aliphatic rings. The van der Waals surface area contributed by atoms with Crippen molar-refractivity contribution in [2.24, 2.45) is 5.41 Å². The summed E-state index contributed by atoms with van der Waals surface area (Å²) >= 11 is 0. The summed E-state index contributed by atoms with van der Waals surface area (Å²) in [5.41, 5.74) is -0.457. The SMILES string of the molecule is COC(=O)C(C)(C)CNC(C)CCN(C)C. The van der Waals surface area contributed by atoms with E-state index >= 15 is 0 Å². The largest absolute Gasteiger partial charge is 0.469 e. The molecule has 0 aliphatic heterocycles. The standard InChI is InChI=1S/C12H26N2O2/c1-10(7-8-14(4)5)13-9-12(2,3)11(15)16-6/h10,13H,7-9H2,1-6H3. The molecule has 16 heavy (non-hydrogen) atoms. The minimum atomic E-state index is -0.457. The fourth-order valence-corrected chi connectivity index (χ4v) is 1.33. The molecule has 0 radical (unpaired) electrons. The predicted molar refractivity (Wildman–Crippen MR) is 66.4 cm³/mol. The summed E-state index contributed by atoms with van der Waals surface area (Å²) in [5.74, 6) is -0.167. The highest BCUT2D eigenvalue weighted by molar-refractivity contribution is 5.76. The molecule has 0 fully saturated rings. The second-order valence-electron chi connectivity index (χ2n) is 5.25. The number of hydrogen-bond acceptors (Lipinski definition) is 4. The molecule has 1 N–H and O–H groups in total. The Morgan fingerprint density at radius 1 is 1.44 bits per heavy atom. The molecule has 4 nitrogen and oxygen atoms in total. The summed E-state index contributed by atoms with van der Waals surface area (Å²) in [7, 11) is 5.55. The average Bonchev–Trinajstić information content (AvgIpc) is 2.22. The topological polar surface area (TPSA) is 41.6 Å². The van der Waals surface area contributed by atoms with Crippen LogP contribution in [0.25, 0.3) is 0 Å². The first kappa shape index (κ1) is 15.4. The van der Waals surface area contributed by atoms with E-state index in [1.807, 2.05) is 13.8 Å². The van der Waals surface area contributed by atoms with Crippen LogP contribution in [-0.2, 0) is 9.53 Å². The van der Waals surface area contributed by atoms with Crippen LogP contribution in [0.2, 0.25) is 0 Å². The van der Waals surface area contributed by atoms with Crippen molar-refractivity contribution in [2.45, 2.75) is 33.2 Å². The van der Waals surface area contributed by atoms with Crippen LogP contribution >= 0.6 is 0 Å². The van der Waals surface area contributed by atoms with Crippen molar-refractivity contribution >= 4 is 5.97 Å². The van der Waals surface area contributed by atoms with Crippen molar-refractivity contribution in [2.75, 3.05) is 34.3 Å². The lowest BCUT2D eigenvalue weighted by molar-refractivity contribution is -0.150.